The molecule has 6 heteroatoms. The van der Waals surface area contributed by atoms with Crippen LogP contribution in [0, 0.1) is 0 Å². The number of ether oxygens (including phenoxy) is 3. The van der Waals surface area contributed by atoms with Gasteiger partial charge in [0.25, 0.3) is 0 Å². The molecule has 1 aromatic heterocycles. The van der Waals surface area contributed by atoms with Gasteiger partial charge in [-0.2, -0.15) is 5.10 Å². The molecule has 0 aliphatic carbocycles. The molecular formula is C29H26N2O4. The van der Waals surface area contributed by atoms with Crippen LogP contribution in [-0.4, -0.2) is 37.3 Å². The predicted octanol–water partition coefficient (Wildman–Crippen LogP) is 6.17. The van der Waals surface area contributed by atoms with Crippen LogP contribution in [0.4, 0.5) is 0 Å². The second-order valence-corrected chi connectivity index (χ2v) is 7.68. The summed E-state index contributed by atoms with van der Waals surface area (Å²) in [5, 5.41) is 6.88. The minimum atomic E-state index is -0.107. The summed E-state index contributed by atoms with van der Waals surface area (Å²) in [6.45, 7) is 0. The number of aromatic nitrogens is 2. The third-order valence-corrected chi connectivity index (χ3v) is 5.56. The quantitative estimate of drug-likeness (QED) is 0.181. The van der Waals surface area contributed by atoms with E-state index in [1.807, 2.05) is 60.7 Å². The highest BCUT2D eigenvalue weighted by Crippen LogP contribution is 2.31. The van der Waals surface area contributed by atoms with Crippen LogP contribution in [-0.2, 0) is 0 Å². The maximum absolute atomic E-state index is 12.9. The lowest BCUT2D eigenvalue weighted by molar-refractivity contribution is 0.104. The van der Waals surface area contributed by atoms with E-state index in [9.17, 15) is 4.79 Å². The minimum absolute atomic E-state index is 0.107. The lowest BCUT2D eigenvalue weighted by Gasteiger charge is -2.11. The molecule has 3 aromatic carbocycles. The fourth-order valence-electron chi connectivity index (χ4n) is 3.61. The summed E-state index contributed by atoms with van der Waals surface area (Å²) in [6, 6.07) is 20.7. The number of ketones is 1. The van der Waals surface area contributed by atoms with E-state index in [2.05, 4.69) is 10.2 Å². The van der Waals surface area contributed by atoms with Gasteiger partial charge >= 0.3 is 0 Å². The van der Waals surface area contributed by atoms with Gasteiger partial charge in [0.05, 0.1) is 27.0 Å². The molecule has 0 fully saturated rings. The second kappa shape index (κ2) is 11.0. The van der Waals surface area contributed by atoms with Gasteiger partial charge in [0.1, 0.15) is 17.2 Å². The van der Waals surface area contributed by atoms with Crippen molar-refractivity contribution in [3.05, 3.63) is 101 Å². The van der Waals surface area contributed by atoms with Crippen LogP contribution in [0.3, 0.4) is 0 Å². The highest BCUT2D eigenvalue weighted by Gasteiger charge is 2.10. The van der Waals surface area contributed by atoms with Crippen LogP contribution in [0.1, 0.15) is 27.0 Å². The normalized spacial score (nSPS) is 11.2. The van der Waals surface area contributed by atoms with Gasteiger partial charge in [-0.05, 0) is 53.1 Å². The number of nitrogens with zero attached hydrogens (tertiary/aromatic N) is 1. The summed E-state index contributed by atoms with van der Waals surface area (Å²) in [5.41, 5.74) is 5.10. The number of carbonyl (C=O) groups is 1. The zero-order valence-corrected chi connectivity index (χ0v) is 19.8. The second-order valence-electron chi connectivity index (χ2n) is 7.68. The van der Waals surface area contributed by atoms with Crippen molar-refractivity contribution in [1.29, 1.82) is 0 Å². The third-order valence-electron chi connectivity index (χ3n) is 5.56. The molecule has 35 heavy (non-hydrogen) atoms. The molecule has 176 valence electrons. The largest absolute Gasteiger partial charge is 0.497 e. The van der Waals surface area contributed by atoms with Crippen molar-refractivity contribution < 1.29 is 19.0 Å². The summed E-state index contributed by atoms with van der Waals surface area (Å²) >= 11 is 0. The van der Waals surface area contributed by atoms with Crippen molar-refractivity contribution in [2.75, 3.05) is 21.3 Å². The topological polar surface area (TPSA) is 73.4 Å². The van der Waals surface area contributed by atoms with Gasteiger partial charge < -0.3 is 14.2 Å². The number of hydrogen-bond donors (Lipinski definition) is 1. The summed E-state index contributed by atoms with van der Waals surface area (Å²) in [6.07, 6.45) is 8.98. The van der Waals surface area contributed by atoms with Gasteiger partial charge in [0.15, 0.2) is 5.78 Å². The van der Waals surface area contributed by atoms with E-state index >= 15 is 0 Å². The average Bonchev–Trinajstić information content (AvgIpc) is 3.46. The fourth-order valence-corrected chi connectivity index (χ4v) is 3.61. The van der Waals surface area contributed by atoms with Crippen molar-refractivity contribution in [3.63, 3.8) is 0 Å². The predicted molar refractivity (Wildman–Crippen MR) is 139 cm³/mol. The Morgan fingerprint density at radius 3 is 2.17 bits per heavy atom. The number of benzene rings is 3. The summed E-state index contributed by atoms with van der Waals surface area (Å²) < 4.78 is 16.3. The fraction of sp³-hybridized carbons (Fsp3) is 0.103. The summed E-state index contributed by atoms with van der Waals surface area (Å²) in [5.74, 6) is 1.96. The first kappa shape index (κ1) is 23.6. The highest BCUT2D eigenvalue weighted by atomic mass is 16.5. The van der Waals surface area contributed by atoms with Crippen LogP contribution in [0.2, 0.25) is 0 Å². The first-order chi connectivity index (χ1) is 17.1. The van der Waals surface area contributed by atoms with Crippen LogP contribution >= 0.6 is 0 Å². The molecule has 0 saturated carbocycles. The summed E-state index contributed by atoms with van der Waals surface area (Å²) in [7, 11) is 4.85. The van der Waals surface area contributed by atoms with Crippen molar-refractivity contribution in [2.45, 2.75) is 0 Å². The van der Waals surface area contributed by atoms with E-state index in [4.69, 9.17) is 14.2 Å². The molecule has 4 aromatic rings. The molecule has 0 radical (unpaired) electrons. The first-order valence-corrected chi connectivity index (χ1v) is 11.0. The van der Waals surface area contributed by atoms with Crippen LogP contribution < -0.4 is 14.2 Å². The SMILES string of the molecule is COc1ccc(/C=C/c2cc(OC)cc(OC)c2/C=C/C(=O)c2ccc(-c3ccn[nH]3)cc2)cc1. The number of nitrogens with one attached hydrogen (secondary N) is 1. The van der Waals surface area contributed by atoms with Gasteiger partial charge in [-0.25, -0.2) is 0 Å². The molecule has 0 aliphatic heterocycles. The average molecular weight is 467 g/mol. The van der Waals surface area contributed by atoms with Crippen molar-refractivity contribution in [2.24, 2.45) is 0 Å². The van der Waals surface area contributed by atoms with Crippen LogP contribution in [0.25, 0.3) is 29.5 Å². The van der Waals surface area contributed by atoms with Gasteiger partial charge in [-0.1, -0.05) is 48.6 Å². The smallest absolute Gasteiger partial charge is 0.185 e. The van der Waals surface area contributed by atoms with E-state index < -0.39 is 0 Å². The molecule has 1 heterocycles. The Hall–Kier alpha value is -4.58. The Bertz CT molecular complexity index is 1340. The standard InChI is InChI=1S/C29H26N2O4/c1-33-24-12-5-20(6-13-24)4-7-23-18-25(34-2)19-29(35-3)26(23)14-15-28(32)22-10-8-21(9-11-22)27-16-17-30-31-27/h4-19H,1-3H3,(H,30,31)/b7-4+,15-14+. The van der Waals surface area contributed by atoms with E-state index in [0.29, 0.717) is 17.1 Å². The molecule has 6 nitrogen and oxygen atoms in total. The molecule has 0 atom stereocenters. The number of hydrogen-bond acceptors (Lipinski definition) is 5. The number of H-pyrrole nitrogens is 1. The van der Waals surface area contributed by atoms with Gasteiger partial charge in [0.2, 0.25) is 0 Å². The third kappa shape index (κ3) is 5.68. The molecule has 0 unspecified atom stereocenters. The van der Waals surface area contributed by atoms with Crippen LogP contribution in [0.5, 0.6) is 17.2 Å². The van der Waals surface area contributed by atoms with Crippen molar-refractivity contribution in [3.8, 4) is 28.5 Å². The van der Waals surface area contributed by atoms with E-state index in [0.717, 1.165) is 33.7 Å². The molecule has 1 N–H and O–H groups in total. The number of carbonyl (C=O) groups excluding carboxylic acids is 1. The Morgan fingerprint density at radius 1 is 0.800 bits per heavy atom. The van der Waals surface area contributed by atoms with E-state index in [1.54, 1.807) is 57.9 Å². The maximum atomic E-state index is 12.9. The van der Waals surface area contributed by atoms with Crippen LogP contribution in [0.15, 0.2) is 79.0 Å². The number of methoxy groups -OCH3 is 3. The van der Waals surface area contributed by atoms with Crippen molar-refractivity contribution >= 4 is 24.0 Å². The number of rotatable bonds is 9. The molecule has 0 saturated heterocycles. The van der Waals surface area contributed by atoms with E-state index in [1.165, 1.54) is 0 Å². The Morgan fingerprint density at radius 2 is 1.54 bits per heavy atom. The molecule has 0 spiro atoms. The lowest BCUT2D eigenvalue weighted by atomic mass is 10.0. The number of allylic oxidation sites excluding steroid dienone is 1. The molecule has 0 aliphatic rings. The zero-order chi connectivity index (χ0) is 24.6. The molecule has 4 rings (SSSR count). The maximum Gasteiger partial charge on any atom is 0.185 e. The monoisotopic (exact) mass is 466 g/mol. The van der Waals surface area contributed by atoms with Gasteiger partial charge in [-0.3, -0.25) is 9.89 Å². The molecule has 0 amide bonds. The van der Waals surface area contributed by atoms with Crippen molar-refractivity contribution in [1.82, 2.24) is 10.2 Å². The number of aromatic amines is 1. The highest BCUT2D eigenvalue weighted by molar-refractivity contribution is 6.07. The minimum Gasteiger partial charge on any atom is -0.497 e. The van der Waals surface area contributed by atoms with Gasteiger partial charge in [0, 0.05) is 23.4 Å². The Labute approximate surface area is 204 Å². The molecule has 0 bridgehead atoms. The Kier molecular flexibility index (Phi) is 7.43. The zero-order valence-electron chi connectivity index (χ0n) is 19.8. The van der Waals surface area contributed by atoms with Gasteiger partial charge in [-0.15, -0.1) is 0 Å². The first-order valence-electron chi connectivity index (χ1n) is 11.0. The van der Waals surface area contributed by atoms with E-state index in [-0.39, 0.29) is 5.78 Å². The summed E-state index contributed by atoms with van der Waals surface area (Å²) in [4.78, 5) is 12.9. The lowest BCUT2D eigenvalue weighted by Crippen LogP contribution is -1.96. The Balaban J connectivity index is 1.62. The molecular weight excluding hydrogens is 440 g/mol.